The number of amides is 1. The van der Waals surface area contributed by atoms with Crippen molar-refractivity contribution < 1.29 is 14.3 Å². The molecule has 0 atom stereocenters. The Hall–Kier alpha value is -2.48. The van der Waals surface area contributed by atoms with Gasteiger partial charge in [-0.2, -0.15) is 5.10 Å². The third-order valence-corrected chi connectivity index (χ3v) is 6.08. The van der Waals surface area contributed by atoms with Crippen LogP contribution in [0.25, 0.3) is 0 Å². The summed E-state index contributed by atoms with van der Waals surface area (Å²) in [6.07, 6.45) is 1.58. The molecule has 0 aliphatic carbocycles. The Morgan fingerprint density at radius 2 is 1.88 bits per heavy atom. The van der Waals surface area contributed by atoms with E-state index in [0.717, 1.165) is 26.9 Å². The molecule has 3 rings (SSSR count). The van der Waals surface area contributed by atoms with Crippen molar-refractivity contribution in [1.29, 1.82) is 0 Å². The molecular formula is C25H24BrClN2O3S. The number of rotatable bonds is 11. The molecule has 0 unspecified atom stereocenters. The number of nitrogens with zero attached hydrogens (tertiary/aromatic N) is 1. The standard InChI is InChI=1S/C25H24BrClN2O3S/c1-2-31-24-13-18(9-10-23(24)32-15-19-5-4-8-22(27)12-19)14-28-29-25(30)17-33-16-20-6-3-7-21(26)11-20/h3-14H,2,15-17H2,1H3,(H,29,30)/b28-14+. The summed E-state index contributed by atoms with van der Waals surface area (Å²) in [6.45, 7) is 2.79. The zero-order chi connectivity index (χ0) is 23.5. The number of hydrazone groups is 1. The zero-order valence-corrected chi connectivity index (χ0v) is 21.3. The summed E-state index contributed by atoms with van der Waals surface area (Å²) in [5, 5.41) is 4.73. The van der Waals surface area contributed by atoms with E-state index in [0.29, 0.717) is 35.5 Å². The summed E-state index contributed by atoms with van der Waals surface area (Å²) in [7, 11) is 0. The molecule has 1 N–H and O–H groups in total. The minimum atomic E-state index is -0.155. The van der Waals surface area contributed by atoms with Crippen LogP contribution in [-0.4, -0.2) is 24.5 Å². The summed E-state index contributed by atoms with van der Waals surface area (Å²) in [4.78, 5) is 12.0. The summed E-state index contributed by atoms with van der Waals surface area (Å²) < 4.78 is 12.7. The minimum absolute atomic E-state index is 0.155. The second-order valence-corrected chi connectivity index (χ2v) is 9.31. The second-order valence-electron chi connectivity index (χ2n) is 6.97. The molecule has 172 valence electrons. The van der Waals surface area contributed by atoms with E-state index < -0.39 is 0 Å². The maximum absolute atomic E-state index is 12.0. The molecule has 0 aliphatic heterocycles. The van der Waals surface area contributed by atoms with Gasteiger partial charge in [0.15, 0.2) is 11.5 Å². The molecule has 0 spiro atoms. The first-order chi connectivity index (χ1) is 16.0. The molecule has 3 aromatic carbocycles. The molecule has 0 bridgehead atoms. The van der Waals surface area contributed by atoms with Crippen molar-refractivity contribution >= 4 is 51.4 Å². The third-order valence-electron chi connectivity index (χ3n) is 4.34. The van der Waals surface area contributed by atoms with Gasteiger partial charge in [0, 0.05) is 15.2 Å². The van der Waals surface area contributed by atoms with Crippen LogP contribution in [0.3, 0.4) is 0 Å². The number of hydrogen-bond donors (Lipinski definition) is 1. The van der Waals surface area contributed by atoms with Crippen molar-refractivity contribution in [1.82, 2.24) is 5.43 Å². The van der Waals surface area contributed by atoms with Crippen LogP contribution in [0.5, 0.6) is 11.5 Å². The molecule has 3 aromatic rings. The van der Waals surface area contributed by atoms with Gasteiger partial charge in [-0.25, -0.2) is 5.43 Å². The van der Waals surface area contributed by atoms with Gasteiger partial charge >= 0.3 is 0 Å². The van der Waals surface area contributed by atoms with Crippen molar-refractivity contribution in [3.63, 3.8) is 0 Å². The monoisotopic (exact) mass is 546 g/mol. The third kappa shape index (κ3) is 8.76. The van der Waals surface area contributed by atoms with Gasteiger partial charge in [-0.3, -0.25) is 4.79 Å². The van der Waals surface area contributed by atoms with Crippen molar-refractivity contribution in [3.05, 3.63) is 92.9 Å². The fourth-order valence-electron chi connectivity index (χ4n) is 2.88. The maximum atomic E-state index is 12.0. The van der Waals surface area contributed by atoms with Crippen LogP contribution in [0.1, 0.15) is 23.6 Å². The fourth-order valence-corrected chi connectivity index (χ4v) is 4.31. The maximum Gasteiger partial charge on any atom is 0.250 e. The Kier molecular flexibility index (Phi) is 10.1. The highest BCUT2D eigenvalue weighted by Crippen LogP contribution is 2.29. The fraction of sp³-hybridized carbons (Fsp3) is 0.200. The van der Waals surface area contributed by atoms with E-state index in [9.17, 15) is 4.79 Å². The van der Waals surface area contributed by atoms with E-state index in [-0.39, 0.29) is 5.91 Å². The Morgan fingerprint density at radius 1 is 1.06 bits per heavy atom. The number of benzene rings is 3. The van der Waals surface area contributed by atoms with Gasteiger partial charge in [-0.1, -0.05) is 51.8 Å². The summed E-state index contributed by atoms with van der Waals surface area (Å²) in [5.41, 5.74) is 5.48. The van der Waals surface area contributed by atoms with Gasteiger partial charge in [-0.15, -0.1) is 11.8 Å². The Bertz CT molecular complexity index is 1110. The van der Waals surface area contributed by atoms with Crippen LogP contribution in [0.2, 0.25) is 5.02 Å². The lowest BCUT2D eigenvalue weighted by Gasteiger charge is -2.12. The van der Waals surface area contributed by atoms with E-state index in [4.69, 9.17) is 21.1 Å². The smallest absolute Gasteiger partial charge is 0.250 e. The van der Waals surface area contributed by atoms with Crippen molar-refractivity contribution in [2.45, 2.75) is 19.3 Å². The lowest BCUT2D eigenvalue weighted by atomic mass is 10.2. The molecule has 0 aromatic heterocycles. The molecular weight excluding hydrogens is 524 g/mol. The molecule has 5 nitrogen and oxygen atoms in total. The highest BCUT2D eigenvalue weighted by atomic mass is 79.9. The summed E-state index contributed by atoms with van der Waals surface area (Å²) in [6, 6.07) is 21.1. The lowest BCUT2D eigenvalue weighted by Crippen LogP contribution is -2.19. The number of ether oxygens (including phenoxy) is 2. The summed E-state index contributed by atoms with van der Waals surface area (Å²) in [5.74, 6) is 2.16. The number of nitrogens with one attached hydrogen (secondary N) is 1. The van der Waals surface area contributed by atoms with Crippen molar-refractivity contribution in [2.24, 2.45) is 5.10 Å². The number of thioether (sulfide) groups is 1. The molecule has 8 heteroatoms. The molecule has 0 aliphatic rings. The van der Waals surface area contributed by atoms with E-state index in [1.165, 1.54) is 11.8 Å². The predicted octanol–water partition coefficient (Wildman–Crippen LogP) is 6.46. The normalized spacial score (nSPS) is 10.9. The largest absolute Gasteiger partial charge is 0.490 e. The average molecular weight is 548 g/mol. The molecule has 0 radical (unpaired) electrons. The number of halogens is 2. The van der Waals surface area contributed by atoms with Gasteiger partial charge in [0.25, 0.3) is 0 Å². The van der Waals surface area contributed by atoms with E-state index in [2.05, 4.69) is 26.5 Å². The highest BCUT2D eigenvalue weighted by Gasteiger charge is 2.07. The van der Waals surface area contributed by atoms with Gasteiger partial charge in [0.1, 0.15) is 6.61 Å². The Labute approximate surface area is 211 Å². The Morgan fingerprint density at radius 3 is 2.67 bits per heavy atom. The quantitative estimate of drug-likeness (QED) is 0.221. The van der Waals surface area contributed by atoms with Crippen LogP contribution in [0.4, 0.5) is 0 Å². The second kappa shape index (κ2) is 13.3. The average Bonchev–Trinajstić information content (AvgIpc) is 2.79. The van der Waals surface area contributed by atoms with E-state index in [1.807, 2.05) is 73.7 Å². The first-order valence-electron chi connectivity index (χ1n) is 10.3. The van der Waals surface area contributed by atoms with E-state index >= 15 is 0 Å². The van der Waals surface area contributed by atoms with Crippen LogP contribution in [0, 0.1) is 0 Å². The number of hydrogen-bond acceptors (Lipinski definition) is 5. The number of carbonyl (C=O) groups is 1. The van der Waals surface area contributed by atoms with E-state index in [1.54, 1.807) is 6.21 Å². The van der Waals surface area contributed by atoms with Crippen LogP contribution >= 0.6 is 39.3 Å². The SMILES string of the molecule is CCOc1cc(/C=N/NC(=O)CSCc2cccc(Br)c2)ccc1OCc1cccc(Cl)c1. The van der Waals surface area contributed by atoms with Gasteiger partial charge in [-0.05, 0) is 66.1 Å². The van der Waals surface area contributed by atoms with Crippen molar-refractivity contribution in [3.8, 4) is 11.5 Å². The molecule has 1 amide bonds. The Balaban J connectivity index is 1.50. The highest BCUT2D eigenvalue weighted by molar-refractivity contribution is 9.10. The minimum Gasteiger partial charge on any atom is -0.490 e. The zero-order valence-electron chi connectivity index (χ0n) is 18.1. The van der Waals surface area contributed by atoms with Crippen LogP contribution < -0.4 is 14.9 Å². The first-order valence-corrected chi connectivity index (χ1v) is 12.6. The first kappa shape index (κ1) is 25.1. The molecule has 0 fully saturated rings. The topological polar surface area (TPSA) is 59.9 Å². The predicted molar refractivity (Wildman–Crippen MR) is 139 cm³/mol. The molecule has 0 saturated carbocycles. The summed E-state index contributed by atoms with van der Waals surface area (Å²) >= 11 is 11.0. The van der Waals surface area contributed by atoms with Crippen LogP contribution in [0.15, 0.2) is 76.3 Å². The van der Waals surface area contributed by atoms with Gasteiger partial charge in [0.05, 0.1) is 18.6 Å². The molecule has 0 heterocycles. The lowest BCUT2D eigenvalue weighted by molar-refractivity contribution is -0.118. The van der Waals surface area contributed by atoms with Crippen LogP contribution in [-0.2, 0) is 17.2 Å². The number of carbonyl (C=O) groups excluding carboxylic acids is 1. The molecule has 33 heavy (non-hydrogen) atoms. The van der Waals surface area contributed by atoms with Gasteiger partial charge in [0.2, 0.25) is 5.91 Å². The van der Waals surface area contributed by atoms with Crippen molar-refractivity contribution in [2.75, 3.05) is 12.4 Å². The van der Waals surface area contributed by atoms with Gasteiger partial charge < -0.3 is 9.47 Å². The molecule has 0 saturated heterocycles.